The third kappa shape index (κ3) is 4.33. The van der Waals surface area contributed by atoms with Crippen LogP contribution in [-0.4, -0.2) is 38.5 Å². The van der Waals surface area contributed by atoms with Crippen LogP contribution in [0.5, 0.6) is 5.75 Å². The van der Waals surface area contributed by atoms with E-state index in [0.29, 0.717) is 18.3 Å². The zero-order valence-corrected chi connectivity index (χ0v) is 16.4. The fourth-order valence-electron chi connectivity index (χ4n) is 2.90. The highest BCUT2D eigenvalue weighted by molar-refractivity contribution is 7.99. The van der Waals surface area contributed by atoms with Gasteiger partial charge in [-0.15, -0.1) is 10.2 Å². The molecule has 1 fully saturated rings. The normalized spacial score (nSPS) is 13.3. The number of amides is 1. The van der Waals surface area contributed by atoms with Crippen molar-refractivity contribution < 1.29 is 9.53 Å². The number of hydrogen-bond donors (Lipinski definition) is 1. The molecule has 0 atom stereocenters. The van der Waals surface area contributed by atoms with Gasteiger partial charge in [0.1, 0.15) is 5.75 Å². The lowest BCUT2D eigenvalue weighted by molar-refractivity contribution is -0.118. The Balaban J connectivity index is 1.38. The average molecular weight is 395 g/mol. The minimum atomic E-state index is -0.0383. The number of thioether (sulfide) groups is 1. The summed E-state index contributed by atoms with van der Waals surface area (Å²) in [6.45, 7) is 0.466. The second kappa shape index (κ2) is 8.43. The van der Waals surface area contributed by atoms with E-state index in [1.165, 1.54) is 11.8 Å². The van der Waals surface area contributed by atoms with E-state index < -0.39 is 0 Å². The molecule has 2 aromatic heterocycles. The van der Waals surface area contributed by atoms with Gasteiger partial charge in [-0.3, -0.25) is 14.3 Å². The van der Waals surface area contributed by atoms with Gasteiger partial charge in [0, 0.05) is 30.5 Å². The van der Waals surface area contributed by atoms with E-state index in [9.17, 15) is 4.79 Å². The van der Waals surface area contributed by atoms with E-state index in [0.717, 1.165) is 40.7 Å². The van der Waals surface area contributed by atoms with Gasteiger partial charge < -0.3 is 10.1 Å². The van der Waals surface area contributed by atoms with E-state index in [4.69, 9.17) is 4.74 Å². The van der Waals surface area contributed by atoms with Gasteiger partial charge in [0.05, 0.1) is 12.9 Å². The van der Waals surface area contributed by atoms with E-state index in [-0.39, 0.29) is 5.91 Å². The van der Waals surface area contributed by atoms with Crippen LogP contribution in [0.1, 0.15) is 24.4 Å². The molecule has 0 radical (unpaired) electrons. The molecule has 8 heteroatoms. The Morgan fingerprint density at radius 1 is 1.25 bits per heavy atom. The fourth-order valence-corrected chi connectivity index (χ4v) is 3.73. The molecule has 1 N–H and O–H groups in total. The highest BCUT2D eigenvalue weighted by Gasteiger charge is 2.30. The van der Waals surface area contributed by atoms with Gasteiger partial charge in [-0.05, 0) is 42.7 Å². The van der Waals surface area contributed by atoms with Crippen LogP contribution in [0.3, 0.4) is 0 Å². The van der Waals surface area contributed by atoms with Crippen molar-refractivity contribution >= 4 is 17.7 Å². The lowest BCUT2D eigenvalue weighted by Gasteiger charge is -2.09. The van der Waals surface area contributed by atoms with Gasteiger partial charge in [-0.2, -0.15) is 0 Å². The fraction of sp³-hybridized carbons (Fsp3) is 0.300. The van der Waals surface area contributed by atoms with Crippen LogP contribution < -0.4 is 10.1 Å². The van der Waals surface area contributed by atoms with E-state index >= 15 is 0 Å². The molecule has 1 saturated carbocycles. The Labute approximate surface area is 167 Å². The summed E-state index contributed by atoms with van der Waals surface area (Å²) in [5.74, 6) is 1.88. The summed E-state index contributed by atoms with van der Waals surface area (Å²) in [6, 6.07) is 11.9. The average Bonchev–Trinajstić information content (AvgIpc) is 3.50. The minimum absolute atomic E-state index is 0.0383. The van der Waals surface area contributed by atoms with Crippen molar-refractivity contribution in [1.29, 1.82) is 0 Å². The quantitative estimate of drug-likeness (QED) is 0.590. The molecule has 0 spiro atoms. The summed E-state index contributed by atoms with van der Waals surface area (Å²) in [7, 11) is 1.63. The second-order valence-corrected chi connectivity index (χ2v) is 7.50. The van der Waals surface area contributed by atoms with E-state index in [1.54, 1.807) is 19.5 Å². The Kier molecular flexibility index (Phi) is 5.57. The lowest BCUT2D eigenvalue weighted by atomic mass is 10.2. The predicted octanol–water partition coefficient (Wildman–Crippen LogP) is 3.09. The van der Waals surface area contributed by atoms with Crippen molar-refractivity contribution in [2.45, 2.75) is 30.6 Å². The first-order chi connectivity index (χ1) is 13.7. The molecule has 7 nitrogen and oxygen atoms in total. The Morgan fingerprint density at radius 3 is 2.82 bits per heavy atom. The van der Waals surface area contributed by atoms with Gasteiger partial charge in [0.2, 0.25) is 5.91 Å². The molecule has 3 aromatic rings. The molecule has 4 rings (SSSR count). The number of benzene rings is 1. The van der Waals surface area contributed by atoms with Gasteiger partial charge in [-0.25, -0.2) is 0 Å². The largest absolute Gasteiger partial charge is 0.497 e. The highest BCUT2D eigenvalue weighted by Crippen LogP contribution is 2.40. The van der Waals surface area contributed by atoms with Crippen LogP contribution >= 0.6 is 11.8 Å². The van der Waals surface area contributed by atoms with Crippen LogP contribution in [0.4, 0.5) is 0 Å². The number of carbonyl (C=O) groups excluding carboxylic acids is 1. The Bertz CT molecular complexity index is 956. The zero-order chi connectivity index (χ0) is 19.3. The summed E-state index contributed by atoms with van der Waals surface area (Å²) in [6.07, 6.45) is 5.73. The molecule has 1 amide bonds. The zero-order valence-electron chi connectivity index (χ0n) is 15.5. The molecule has 0 unspecified atom stereocenters. The number of hydrogen-bond acceptors (Lipinski definition) is 6. The summed E-state index contributed by atoms with van der Waals surface area (Å²) >= 11 is 1.42. The van der Waals surface area contributed by atoms with Crippen LogP contribution in [-0.2, 0) is 11.3 Å². The number of nitrogens with one attached hydrogen (secondary N) is 1. The minimum Gasteiger partial charge on any atom is -0.497 e. The lowest BCUT2D eigenvalue weighted by Crippen LogP contribution is -2.24. The maximum atomic E-state index is 12.3. The number of pyridine rings is 1. The predicted molar refractivity (Wildman–Crippen MR) is 107 cm³/mol. The van der Waals surface area contributed by atoms with Gasteiger partial charge in [0.25, 0.3) is 0 Å². The number of carbonyl (C=O) groups is 1. The summed E-state index contributed by atoms with van der Waals surface area (Å²) in [5.41, 5.74) is 1.99. The molecule has 0 aliphatic heterocycles. The number of aromatic nitrogens is 4. The molecule has 0 bridgehead atoms. The topological polar surface area (TPSA) is 81.9 Å². The molecule has 1 aliphatic rings. The third-order valence-electron chi connectivity index (χ3n) is 4.47. The number of ether oxygens (including phenoxy) is 1. The van der Waals surface area contributed by atoms with Crippen molar-refractivity contribution in [2.75, 3.05) is 12.9 Å². The Morgan fingerprint density at radius 2 is 2.07 bits per heavy atom. The maximum absolute atomic E-state index is 12.3. The molecule has 1 aliphatic carbocycles. The van der Waals surface area contributed by atoms with E-state index in [2.05, 4.69) is 25.1 Å². The van der Waals surface area contributed by atoms with Crippen LogP contribution in [0.2, 0.25) is 0 Å². The summed E-state index contributed by atoms with van der Waals surface area (Å²) in [4.78, 5) is 16.3. The summed E-state index contributed by atoms with van der Waals surface area (Å²) in [5, 5.41) is 12.4. The first-order valence-corrected chi connectivity index (χ1v) is 10.1. The van der Waals surface area contributed by atoms with Gasteiger partial charge in [0.15, 0.2) is 11.0 Å². The number of rotatable bonds is 8. The van der Waals surface area contributed by atoms with Gasteiger partial charge >= 0.3 is 0 Å². The first kappa shape index (κ1) is 18.5. The van der Waals surface area contributed by atoms with Crippen molar-refractivity contribution in [2.24, 2.45) is 0 Å². The number of nitrogens with zero attached hydrogens (tertiary/aromatic N) is 4. The number of methoxy groups -OCH3 is 1. The third-order valence-corrected chi connectivity index (χ3v) is 5.41. The van der Waals surface area contributed by atoms with E-state index in [1.807, 2.05) is 36.4 Å². The molecule has 2 heterocycles. The molecule has 144 valence electrons. The van der Waals surface area contributed by atoms with Crippen LogP contribution in [0, 0.1) is 0 Å². The molecule has 1 aromatic carbocycles. The smallest absolute Gasteiger partial charge is 0.230 e. The SMILES string of the molecule is COc1cccc(CNC(=O)CSc2nnc(-c3ccncc3)n2C2CC2)c1. The maximum Gasteiger partial charge on any atom is 0.230 e. The molecular formula is C20H21N5O2S. The van der Waals surface area contributed by atoms with Crippen LogP contribution in [0.15, 0.2) is 53.9 Å². The van der Waals surface area contributed by atoms with Crippen molar-refractivity contribution in [3.8, 4) is 17.1 Å². The second-order valence-electron chi connectivity index (χ2n) is 6.56. The highest BCUT2D eigenvalue weighted by atomic mass is 32.2. The van der Waals surface area contributed by atoms with Crippen molar-refractivity contribution in [1.82, 2.24) is 25.1 Å². The van der Waals surface area contributed by atoms with Crippen LogP contribution in [0.25, 0.3) is 11.4 Å². The van der Waals surface area contributed by atoms with Crippen molar-refractivity contribution in [3.63, 3.8) is 0 Å². The molecular weight excluding hydrogens is 374 g/mol. The first-order valence-electron chi connectivity index (χ1n) is 9.12. The van der Waals surface area contributed by atoms with Crippen molar-refractivity contribution in [3.05, 3.63) is 54.4 Å². The molecule has 28 heavy (non-hydrogen) atoms. The summed E-state index contributed by atoms with van der Waals surface area (Å²) < 4.78 is 7.36. The molecule has 0 saturated heterocycles. The standard InChI is InChI=1S/C20H21N5O2S/c1-27-17-4-2-3-14(11-17)12-22-18(26)13-28-20-24-23-19(25(20)16-5-6-16)15-7-9-21-10-8-15/h2-4,7-11,16H,5-6,12-13H2,1H3,(H,22,26). The monoisotopic (exact) mass is 395 g/mol. The van der Waals surface area contributed by atoms with Gasteiger partial charge in [-0.1, -0.05) is 23.9 Å². The Hall–Kier alpha value is -2.87.